The van der Waals surface area contributed by atoms with Crippen molar-refractivity contribution >= 4 is 11.6 Å². The van der Waals surface area contributed by atoms with E-state index in [1.54, 1.807) is 0 Å². The summed E-state index contributed by atoms with van der Waals surface area (Å²) >= 11 is 0. The average molecular weight is 567 g/mol. The maximum Gasteiger partial charge on any atom is 0.253 e. The van der Waals surface area contributed by atoms with Gasteiger partial charge in [0.1, 0.15) is 11.1 Å². The van der Waals surface area contributed by atoms with Gasteiger partial charge in [-0.25, -0.2) is 17.6 Å². The maximum atomic E-state index is 14.0. The molecule has 0 radical (unpaired) electrons. The predicted molar refractivity (Wildman–Crippen MR) is 126 cm³/mol. The Morgan fingerprint density at radius 3 is 1.70 bits per heavy atom. The molecule has 1 atom stereocenters. The van der Waals surface area contributed by atoms with Crippen molar-refractivity contribution in [1.29, 1.82) is 0 Å². The van der Waals surface area contributed by atoms with E-state index in [0.717, 1.165) is 12.1 Å². The number of nitrogens with one attached hydrogen (secondary N) is 1. The molecule has 0 fully saturated rings. The summed E-state index contributed by atoms with van der Waals surface area (Å²) < 4.78 is 110. The Labute approximate surface area is 221 Å². The van der Waals surface area contributed by atoms with E-state index in [9.17, 15) is 39.9 Å². The highest BCUT2D eigenvalue weighted by Gasteiger charge is 2.21. The van der Waals surface area contributed by atoms with Crippen LogP contribution in [-0.2, 0) is 4.79 Å². The number of benzene rings is 1. The largest absolute Gasteiger partial charge is 0.330 e. The normalized spacial score (nSPS) is 11.2. The van der Waals surface area contributed by atoms with E-state index in [2.05, 4.69) is 27.1 Å². The van der Waals surface area contributed by atoms with Gasteiger partial charge in [-0.2, -0.15) is 27.5 Å². The molecule has 0 spiro atoms. The molecule has 40 heavy (non-hydrogen) atoms. The zero-order chi connectivity index (χ0) is 29.6. The lowest BCUT2D eigenvalue weighted by Crippen LogP contribution is -2.35. The summed E-state index contributed by atoms with van der Waals surface area (Å²) in [6.45, 7) is 0.401. The molecular formula is C26H17F8N5O. The molecule has 3 rings (SSSR count). The van der Waals surface area contributed by atoms with Gasteiger partial charge in [-0.05, 0) is 37.6 Å². The second kappa shape index (κ2) is 13.0. The van der Waals surface area contributed by atoms with E-state index < -0.39 is 70.1 Å². The van der Waals surface area contributed by atoms with Crippen molar-refractivity contribution in [3.05, 3.63) is 87.5 Å². The van der Waals surface area contributed by atoms with Gasteiger partial charge >= 0.3 is 0 Å². The second-order valence-electron chi connectivity index (χ2n) is 8.03. The number of rotatable bonds is 6. The van der Waals surface area contributed by atoms with Crippen molar-refractivity contribution in [1.82, 2.24) is 9.97 Å². The molecule has 0 aliphatic carbocycles. The van der Waals surface area contributed by atoms with Crippen molar-refractivity contribution < 1.29 is 39.9 Å². The van der Waals surface area contributed by atoms with Gasteiger partial charge in [0.15, 0.2) is 23.3 Å². The molecule has 1 amide bonds. The molecule has 1 aromatic carbocycles. The first kappa shape index (κ1) is 30.0. The van der Waals surface area contributed by atoms with Crippen LogP contribution in [-0.4, -0.2) is 28.5 Å². The summed E-state index contributed by atoms with van der Waals surface area (Å²) in [5.74, 6) is -7.92. The van der Waals surface area contributed by atoms with Gasteiger partial charge in [0.2, 0.25) is 5.91 Å². The third-order valence-corrected chi connectivity index (χ3v) is 5.23. The first-order valence-electron chi connectivity index (χ1n) is 11.3. The van der Waals surface area contributed by atoms with Gasteiger partial charge in [0, 0.05) is 16.8 Å². The Kier molecular flexibility index (Phi) is 9.77. The molecule has 2 aromatic heterocycles. The number of carbonyl (C=O) groups excluding carboxylic acids is 1. The smallest absolute Gasteiger partial charge is 0.253 e. The van der Waals surface area contributed by atoms with Crippen LogP contribution in [0.4, 0.5) is 40.8 Å². The fourth-order valence-electron chi connectivity index (χ4n) is 3.16. The fraction of sp³-hybridized carbons (Fsp3) is 0.192. The number of halogens is 8. The number of unbranched alkanes of at least 4 members (excludes halogenated alkanes) is 1. The summed E-state index contributed by atoms with van der Waals surface area (Å²) in [6.07, 6.45) is 1.49. The molecule has 5 N–H and O–H groups in total. The maximum absolute atomic E-state index is 14.0. The lowest BCUT2D eigenvalue weighted by atomic mass is 10.0. The highest BCUT2D eigenvalue weighted by Crippen LogP contribution is 2.20. The van der Waals surface area contributed by atoms with Crippen LogP contribution in [0.5, 0.6) is 0 Å². The van der Waals surface area contributed by atoms with E-state index in [1.165, 1.54) is 6.07 Å². The minimum atomic E-state index is -1.97. The third-order valence-electron chi connectivity index (χ3n) is 5.23. The van der Waals surface area contributed by atoms with Crippen LogP contribution in [0.2, 0.25) is 0 Å². The van der Waals surface area contributed by atoms with Crippen molar-refractivity contribution in [2.45, 2.75) is 25.3 Å². The highest BCUT2D eigenvalue weighted by atomic mass is 19.2. The van der Waals surface area contributed by atoms with Crippen LogP contribution in [0.15, 0.2) is 18.2 Å². The molecule has 0 saturated carbocycles. The predicted octanol–water partition coefficient (Wildman–Crippen LogP) is 3.78. The van der Waals surface area contributed by atoms with E-state index in [4.69, 9.17) is 11.5 Å². The lowest BCUT2D eigenvalue weighted by Gasteiger charge is -2.12. The minimum Gasteiger partial charge on any atom is -0.330 e. The van der Waals surface area contributed by atoms with Crippen molar-refractivity contribution in [3.63, 3.8) is 0 Å². The Balaban J connectivity index is 2.09. The van der Waals surface area contributed by atoms with Crippen LogP contribution in [0.1, 0.15) is 41.5 Å². The number of pyridine rings is 2. The van der Waals surface area contributed by atoms with Gasteiger partial charge in [0.05, 0.1) is 6.04 Å². The van der Waals surface area contributed by atoms with Crippen LogP contribution >= 0.6 is 0 Å². The summed E-state index contributed by atoms with van der Waals surface area (Å²) in [5, 5.41) is 2.47. The Hall–Kier alpha value is -4.53. The summed E-state index contributed by atoms with van der Waals surface area (Å²) in [6, 6.07) is 2.55. The van der Waals surface area contributed by atoms with Gasteiger partial charge in [-0.3, -0.25) is 4.79 Å². The molecule has 0 bridgehead atoms. The highest BCUT2D eigenvalue weighted by molar-refractivity contribution is 5.94. The molecule has 14 heteroatoms. The van der Waals surface area contributed by atoms with Crippen molar-refractivity contribution in [2.24, 2.45) is 11.5 Å². The fourth-order valence-corrected chi connectivity index (χ4v) is 3.16. The first-order chi connectivity index (χ1) is 18.9. The molecule has 208 valence electrons. The third kappa shape index (κ3) is 6.91. The molecule has 3 aromatic rings. The lowest BCUT2D eigenvalue weighted by molar-refractivity contribution is -0.117. The topological polar surface area (TPSA) is 107 Å². The number of nitrogens with zero attached hydrogens (tertiary/aromatic N) is 2. The van der Waals surface area contributed by atoms with Crippen LogP contribution in [0.3, 0.4) is 0 Å². The molecule has 0 unspecified atom stereocenters. The van der Waals surface area contributed by atoms with Crippen molar-refractivity contribution in [3.8, 4) is 23.7 Å². The first-order valence-corrected chi connectivity index (χ1v) is 11.3. The number of aromatic nitrogens is 2. The molecule has 0 aliphatic rings. The average Bonchev–Trinajstić information content (AvgIpc) is 2.91. The Morgan fingerprint density at radius 1 is 0.750 bits per heavy atom. The molecule has 0 aliphatic heterocycles. The summed E-state index contributed by atoms with van der Waals surface area (Å²) in [4.78, 5) is 17.2. The number of anilines is 1. The van der Waals surface area contributed by atoms with E-state index in [1.807, 2.05) is 11.8 Å². The van der Waals surface area contributed by atoms with E-state index in [0.29, 0.717) is 25.8 Å². The number of carbonyl (C=O) groups is 1. The van der Waals surface area contributed by atoms with Crippen LogP contribution in [0, 0.1) is 70.7 Å². The minimum absolute atomic E-state index is 0.0283. The Bertz CT molecular complexity index is 1540. The van der Waals surface area contributed by atoms with Gasteiger partial charge in [-0.1, -0.05) is 30.1 Å². The number of amides is 1. The molecular weight excluding hydrogens is 550 g/mol. The van der Waals surface area contributed by atoms with Gasteiger partial charge in [0.25, 0.3) is 23.8 Å². The summed E-state index contributed by atoms with van der Waals surface area (Å²) in [7, 11) is 0. The van der Waals surface area contributed by atoms with Gasteiger partial charge in [-0.15, -0.1) is 0 Å². The Morgan fingerprint density at radius 2 is 1.23 bits per heavy atom. The zero-order valence-corrected chi connectivity index (χ0v) is 20.1. The molecule has 0 saturated heterocycles. The quantitative estimate of drug-likeness (QED) is 0.182. The zero-order valence-electron chi connectivity index (χ0n) is 20.1. The van der Waals surface area contributed by atoms with Crippen LogP contribution in [0.25, 0.3) is 0 Å². The second-order valence-corrected chi connectivity index (χ2v) is 8.03. The number of hydrogen-bond acceptors (Lipinski definition) is 5. The molecule has 6 nitrogen and oxygen atoms in total. The monoisotopic (exact) mass is 567 g/mol. The number of nitrogens with two attached hydrogens (primary N) is 2. The number of hydrogen-bond donors (Lipinski definition) is 3. The summed E-state index contributed by atoms with van der Waals surface area (Å²) in [5.41, 5.74) is 8.10. The SMILES string of the molecule is NCCCC[C@H](N)C(=O)Nc1ccc(C#Cc2c(F)c(F)nc(F)c2F)c(C#Cc2c(F)c(F)nc(F)c2F)c1. The van der Waals surface area contributed by atoms with E-state index >= 15 is 0 Å². The van der Waals surface area contributed by atoms with Gasteiger partial charge < -0.3 is 16.8 Å². The van der Waals surface area contributed by atoms with E-state index in [-0.39, 0.29) is 16.8 Å². The van der Waals surface area contributed by atoms with Crippen LogP contribution < -0.4 is 16.8 Å². The van der Waals surface area contributed by atoms with Crippen molar-refractivity contribution in [2.75, 3.05) is 11.9 Å². The standard InChI is InChI=1S/C26H17F8N5O/c27-18-15(19(28)23(32)38-22(18)31)8-5-12-4-7-14(37-26(40)17(36)3-1-2-10-35)11-13(12)6-9-16-20(29)24(33)39-25(34)21(16)30/h4,7,11,17H,1-3,10,35-36H2,(H,37,40)/t17-/m0/s1. The molecule has 2 heterocycles.